The Labute approximate surface area is 104 Å². The van der Waals surface area contributed by atoms with E-state index < -0.39 is 0 Å². The van der Waals surface area contributed by atoms with Crippen LogP contribution in [-0.2, 0) is 14.3 Å². The third-order valence-corrected chi connectivity index (χ3v) is 3.34. The minimum atomic E-state index is -0.291. The number of hydrogen-bond donors (Lipinski definition) is 0. The molecule has 0 N–H and O–H groups in total. The Kier molecular flexibility index (Phi) is 6.70. The average molecular weight is 243 g/mol. The molecule has 1 saturated heterocycles. The fraction of sp³-hybridized carbons (Fsp3) is 0.923. The van der Waals surface area contributed by atoms with E-state index in [9.17, 15) is 4.79 Å². The highest BCUT2D eigenvalue weighted by molar-refractivity contribution is 5.60. The highest BCUT2D eigenvalue weighted by Crippen LogP contribution is 2.27. The van der Waals surface area contributed by atoms with E-state index in [0.29, 0.717) is 6.61 Å². The van der Waals surface area contributed by atoms with Gasteiger partial charge in [0, 0.05) is 26.3 Å². The van der Waals surface area contributed by atoms with Gasteiger partial charge in [0.05, 0.1) is 18.6 Å². The van der Waals surface area contributed by atoms with E-state index in [1.165, 1.54) is 0 Å². The summed E-state index contributed by atoms with van der Waals surface area (Å²) in [5, 5.41) is 0. The summed E-state index contributed by atoms with van der Waals surface area (Å²) in [6, 6.07) is 0. The van der Waals surface area contributed by atoms with E-state index in [1.54, 1.807) is 0 Å². The smallest absolute Gasteiger partial charge is 0.129 e. The molecule has 0 aliphatic carbocycles. The Balaban J connectivity index is 2.43. The van der Waals surface area contributed by atoms with Gasteiger partial charge in [0.2, 0.25) is 0 Å². The number of carbonyl (C=O) groups is 1. The van der Waals surface area contributed by atoms with Crippen LogP contribution in [0.15, 0.2) is 0 Å². The zero-order chi connectivity index (χ0) is 12.6. The van der Waals surface area contributed by atoms with E-state index in [0.717, 1.165) is 58.6 Å². The van der Waals surface area contributed by atoms with Gasteiger partial charge in [-0.3, -0.25) is 0 Å². The highest BCUT2D eigenvalue weighted by atomic mass is 16.5. The lowest BCUT2D eigenvalue weighted by atomic mass is 9.83. The van der Waals surface area contributed by atoms with Crippen molar-refractivity contribution in [3.63, 3.8) is 0 Å². The molecule has 1 rings (SSSR count). The van der Waals surface area contributed by atoms with Crippen molar-refractivity contribution in [3.8, 4) is 0 Å². The molecule has 4 nitrogen and oxygen atoms in total. The number of ether oxygens (including phenoxy) is 2. The van der Waals surface area contributed by atoms with E-state index in [-0.39, 0.29) is 5.41 Å². The Hall–Kier alpha value is -0.450. The molecule has 0 bridgehead atoms. The van der Waals surface area contributed by atoms with Gasteiger partial charge in [-0.1, -0.05) is 6.92 Å². The summed E-state index contributed by atoms with van der Waals surface area (Å²) in [6.45, 7) is 9.59. The fourth-order valence-electron chi connectivity index (χ4n) is 2.26. The Morgan fingerprint density at radius 2 is 2.29 bits per heavy atom. The number of nitrogens with zero attached hydrogens (tertiary/aromatic N) is 1. The van der Waals surface area contributed by atoms with Gasteiger partial charge in [0.25, 0.3) is 0 Å². The predicted octanol–water partition coefficient (Wildman–Crippen LogP) is 1.34. The molecule has 0 amide bonds. The van der Waals surface area contributed by atoms with Gasteiger partial charge in [0.15, 0.2) is 0 Å². The van der Waals surface area contributed by atoms with Gasteiger partial charge < -0.3 is 19.2 Å². The van der Waals surface area contributed by atoms with Crippen molar-refractivity contribution in [3.05, 3.63) is 0 Å². The molecule has 1 aliphatic heterocycles. The van der Waals surface area contributed by atoms with Crippen LogP contribution >= 0.6 is 0 Å². The molecule has 1 atom stereocenters. The van der Waals surface area contributed by atoms with Crippen molar-refractivity contribution in [1.29, 1.82) is 0 Å². The largest absolute Gasteiger partial charge is 0.380 e. The molecule has 4 heteroatoms. The Morgan fingerprint density at radius 3 is 2.82 bits per heavy atom. The van der Waals surface area contributed by atoms with Crippen LogP contribution in [0.3, 0.4) is 0 Å². The minimum Gasteiger partial charge on any atom is -0.380 e. The topological polar surface area (TPSA) is 38.8 Å². The standard InChI is InChI=1S/C13H25NO3/c1-3-14(7-9-16-4-2)10-13(11-15)6-5-8-17-12-13/h11H,3-10,12H2,1-2H3. The first-order valence-electron chi connectivity index (χ1n) is 6.60. The first-order valence-corrected chi connectivity index (χ1v) is 6.60. The maximum Gasteiger partial charge on any atom is 0.129 e. The molecular formula is C13H25NO3. The van der Waals surface area contributed by atoms with E-state index in [2.05, 4.69) is 11.8 Å². The summed E-state index contributed by atoms with van der Waals surface area (Å²) >= 11 is 0. The summed E-state index contributed by atoms with van der Waals surface area (Å²) in [5.41, 5.74) is -0.291. The number of aldehydes is 1. The van der Waals surface area contributed by atoms with Gasteiger partial charge >= 0.3 is 0 Å². The van der Waals surface area contributed by atoms with Gasteiger partial charge in [-0.05, 0) is 26.3 Å². The molecule has 17 heavy (non-hydrogen) atoms. The lowest BCUT2D eigenvalue weighted by molar-refractivity contribution is -0.125. The maximum atomic E-state index is 11.3. The lowest BCUT2D eigenvalue weighted by Crippen LogP contribution is -2.45. The number of hydrogen-bond acceptors (Lipinski definition) is 4. The van der Waals surface area contributed by atoms with Crippen LogP contribution in [0.5, 0.6) is 0 Å². The summed E-state index contributed by atoms with van der Waals surface area (Å²) in [5.74, 6) is 0. The summed E-state index contributed by atoms with van der Waals surface area (Å²) in [6.07, 6.45) is 3.03. The maximum absolute atomic E-state index is 11.3. The Bertz CT molecular complexity index is 215. The SMILES string of the molecule is CCOCCN(CC)CC1(C=O)CCCOC1. The molecule has 0 saturated carbocycles. The third-order valence-electron chi connectivity index (χ3n) is 3.34. The highest BCUT2D eigenvalue weighted by Gasteiger charge is 2.34. The van der Waals surface area contributed by atoms with E-state index >= 15 is 0 Å². The van der Waals surface area contributed by atoms with Gasteiger partial charge in [-0.2, -0.15) is 0 Å². The summed E-state index contributed by atoms with van der Waals surface area (Å²) in [7, 11) is 0. The predicted molar refractivity (Wildman–Crippen MR) is 67.2 cm³/mol. The molecule has 0 radical (unpaired) electrons. The van der Waals surface area contributed by atoms with Crippen molar-refractivity contribution in [1.82, 2.24) is 4.90 Å². The second kappa shape index (κ2) is 7.80. The van der Waals surface area contributed by atoms with Crippen molar-refractivity contribution in [2.24, 2.45) is 5.41 Å². The van der Waals surface area contributed by atoms with Crippen molar-refractivity contribution in [2.75, 3.05) is 46.1 Å². The third kappa shape index (κ3) is 4.74. The summed E-state index contributed by atoms with van der Waals surface area (Å²) < 4.78 is 10.8. The number of carbonyl (C=O) groups excluding carboxylic acids is 1. The molecule has 0 aromatic rings. The molecule has 1 heterocycles. The lowest BCUT2D eigenvalue weighted by Gasteiger charge is -2.36. The normalized spacial score (nSPS) is 25.1. The monoisotopic (exact) mass is 243 g/mol. The van der Waals surface area contributed by atoms with Gasteiger partial charge in [-0.15, -0.1) is 0 Å². The van der Waals surface area contributed by atoms with Crippen LogP contribution in [0.25, 0.3) is 0 Å². The summed E-state index contributed by atoms with van der Waals surface area (Å²) in [4.78, 5) is 13.6. The number of likely N-dealkylation sites (N-methyl/N-ethyl adjacent to an activating group) is 1. The van der Waals surface area contributed by atoms with Crippen LogP contribution in [0.4, 0.5) is 0 Å². The van der Waals surface area contributed by atoms with Crippen LogP contribution in [0.2, 0.25) is 0 Å². The van der Waals surface area contributed by atoms with E-state index in [1.807, 2.05) is 6.92 Å². The van der Waals surface area contributed by atoms with Crippen molar-refractivity contribution in [2.45, 2.75) is 26.7 Å². The molecule has 1 unspecified atom stereocenters. The zero-order valence-electron chi connectivity index (χ0n) is 11.1. The van der Waals surface area contributed by atoms with Gasteiger partial charge in [0.1, 0.15) is 6.29 Å². The first kappa shape index (κ1) is 14.6. The molecule has 0 spiro atoms. The quantitative estimate of drug-likeness (QED) is 0.476. The average Bonchev–Trinajstić information content (AvgIpc) is 2.39. The molecule has 0 aromatic heterocycles. The van der Waals surface area contributed by atoms with Crippen LogP contribution in [-0.4, -0.2) is 57.2 Å². The van der Waals surface area contributed by atoms with Gasteiger partial charge in [-0.25, -0.2) is 0 Å². The van der Waals surface area contributed by atoms with Crippen LogP contribution < -0.4 is 0 Å². The molecule has 0 aromatic carbocycles. The second-order valence-electron chi connectivity index (χ2n) is 4.70. The van der Waals surface area contributed by atoms with Crippen LogP contribution in [0, 0.1) is 5.41 Å². The second-order valence-corrected chi connectivity index (χ2v) is 4.70. The molecule has 1 aliphatic rings. The Morgan fingerprint density at radius 1 is 1.47 bits per heavy atom. The first-order chi connectivity index (χ1) is 8.26. The van der Waals surface area contributed by atoms with Crippen LogP contribution in [0.1, 0.15) is 26.7 Å². The number of rotatable bonds is 8. The minimum absolute atomic E-state index is 0.291. The zero-order valence-corrected chi connectivity index (χ0v) is 11.1. The molecular weight excluding hydrogens is 218 g/mol. The fourth-order valence-corrected chi connectivity index (χ4v) is 2.26. The van der Waals surface area contributed by atoms with Crippen molar-refractivity contribution < 1.29 is 14.3 Å². The van der Waals surface area contributed by atoms with E-state index in [4.69, 9.17) is 9.47 Å². The molecule has 100 valence electrons. The van der Waals surface area contributed by atoms with Crippen molar-refractivity contribution >= 4 is 6.29 Å². The molecule has 1 fully saturated rings.